The second-order valence-corrected chi connectivity index (χ2v) is 8.59. The Morgan fingerprint density at radius 2 is 1.63 bits per heavy atom. The van der Waals surface area contributed by atoms with Gasteiger partial charge in [0.15, 0.2) is 5.75 Å². The molecule has 0 spiro atoms. The fourth-order valence-electron chi connectivity index (χ4n) is 3.75. The Morgan fingerprint density at radius 1 is 0.921 bits per heavy atom. The van der Waals surface area contributed by atoms with E-state index in [1.165, 1.54) is 0 Å². The molecule has 1 atom stereocenters. The molecule has 1 aromatic heterocycles. The van der Waals surface area contributed by atoms with Crippen LogP contribution in [-0.4, -0.2) is 48.3 Å². The summed E-state index contributed by atoms with van der Waals surface area (Å²) in [5.41, 5.74) is 1.64. The molecule has 3 aromatic carbocycles. The monoisotopic (exact) mass is 511 g/mol. The fraction of sp³-hybridized carbons (Fsp3) is 0.167. The van der Waals surface area contributed by atoms with E-state index in [0.29, 0.717) is 30.2 Å². The molecule has 4 rings (SSSR count). The first-order chi connectivity index (χ1) is 18.5. The summed E-state index contributed by atoms with van der Waals surface area (Å²) in [5.74, 6) is 0.281. The highest BCUT2D eigenvalue weighted by atomic mass is 16.5. The Balaban J connectivity index is 1.34. The molecule has 194 valence electrons. The normalized spacial score (nSPS) is 11.3. The van der Waals surface area contributed by atoms with Crippen LogP contribution in [0.25, 0.3) is 0 Å². The summed E-state index contributed by atoms with van der Waals surface area (Å²) in [7, 11) is 1.95. The predicted octanol–water partition coefficient (Wildman–Crippen LogP) is 4.92. The molecule has 4 aromatic rings. The lowest BCUT2D eigenvalue weighted by atomic mass is 10.1. The highest BCUT2D eigenvalue weighted by molar-refractivity contribution is 5.92. The fourth-order valence-corrected chi connectivity index (χ4v) is 3.75. The number of esters is 1. The molecule has 0 saturated carbocycles. The lowest BCUT2D eigenvalue weighted by molar-refractivity contribution is -0.137. The van der Waals surface area contributed by atoms with Crippen molar-refractivity contribution in [2.24, 2.45) is 0 Å². The Kier molecular flexibility index (Phi) is 8.91. The number of benzene rings is 3. The minimum absolute atomic E-state index is 0.221. The number of carboxylic acids is 1. The molecular weight excluding hydrogens is 482 g/mol. The van der Waals surface area contributed by atoms with E-state index in [0.717, 1.165) is 11.4 Å². The number of carbonyl (C=O) groups is 2. The number of para-hydroxylation sites is 2. The van der Waals surface area contributed by atoms with E-state index in [1.807, 2.05) is 60.5 Å². The average Bonchev–Trinajstić information content (AvgIpc) is 2.95. The van der Waals surface area contributed by atoms with Crippen molar-refractivity contribution in [3.8, 4) is 11.5 Å². The summed E-state index contributed by atoms with van der Waals surface area (Å²) in [5, 5.41) is 12.9. The Hall–Kier alpha value is -4.85. The van der Waals surface area contributed by atoms with Gasteiger partial charge in [0.1, 0.15) is 24.2 Å². The van der Waals surface area contributed by atoms with Crippen LogP contribution in [0.5, 0.6) is 11.5 Å². The largest absolute Gasteiger partial charge is 0.492 e. The number of aliphatic carboxylic acids is 1. The highest BCUT2D eigenvalue weighted by Crippen LogP contribution is 2.26. The van der Waals surface area contributed by atoms with Crippen LogP contribution in [0.2, 0.25) is 0 Å². The van der Waals surface area contributed by atoms with Crippen LogP contribution >= 0.6 is 0 Å². The van der Waals surface area contributed by atoms with Crippen molar-refractivity contribution in [2.45, 2.75) is 12.5 Å². The molecule has 0 aliphatic rings. The number of aromatic nitrogens is 1. The van der Waals surface area contributed by atoms with E-state index in [9.17, 15) is 14.7 Å². The first-order valence-corrected chi connectivity index (χ1v) is 12.2. The van der Waals surface area contributed by atoms with Crippen molar-refractivity contribution in [2.75, 3.05) is 30.4 Å². The second-order valence-electron chi connectivity index (χ2n) is 8.59. The third-order valence-corrected chi connectivity index (χ3v) is 5.83. The van der Waals surface area contributed by atoms with E-state index in [4.69, 9.17) is 9.47 Å². The predicted molar refractivity (Wildman–Crippen MR) is 146 cm³/mol. The Morgan fingerprint density at radius 3 is 2.34 bits per heavy atom. The van der Waals surface area contributed by atoms with Gasteiger partial charge in [0, 0.05) is 19.7 Å². The van der Waals surface area contributed by atoms with Gasteiger partial charge in [-0.15, -0.1) is 0 Å². The maximum Gasteiger partial charge on any atom is 0.343 e. The van der Waals surface area contributed by atoms with Gasteiger partial charge < -0.3 is 24.8 Å². The quantitative estimate of drug-likeness (QED) is 0.204. The van der Waals surface area contributed by atoms with Crippen LogP contribution in [0.4, 0.5) is 11.5 Å². The zero-order valence-electron chi connectivity index (χ0n) is 21.0. The van der Waals surface area contributed by atoms with Crippen molar-refractivity contribution in [3.05, 3.63) is 114 Å². The third kappa shape index (κ3) is 7.33. The molecule has 1 heterocycles. The number of likely N-dealkylation sites (N-methyl/N-ethyl adjacent to an activating group) is 1. The number of hydrogen-bond donors (Lipinski definition) is 2. The zero-order chi connectivity index (χ0) is 26.7. The molecular formula is C30H29N3O5. The first-order valence-electron chi connectivity index (χ1n) is 12.2. The standard InChI is InChI=1S/C30H29N3O5/c1-33(28-13-7-8-18-31-28)19-20-37-24-16-14-22(15-17-24)21-26(29(34)35)32-25-11-5-6-12-27(25)38-30(36)23-9-3-2-4-10-23/h2-18,26,32H,19-21H2,1H3,(H,34,35)/t26-/m0/s1. The molecule has 0 saturated heterocycles. The minimum atomic E-state index is -1.02. The highest BCUT2D eigenvalue weighted by Gasteiger charge is 2.20. The van der Waals surface area contributed by atoms with Gasteiger partial charge in [-0.1, -0.05) is 48.5 Å². The molecule has 0 fully saturated rings. The topological polar surface area (TPSA) is 101 Å². The summed E-state index contributed by atoms with van der Waals surface area (Å²) in [6.45, 7) is 1.14. The molecule has 38 heavy (non-hydrogen) atoms. The van der Waals surface area contributed by atoms with E-state index in [1.54, 1.807) is 54.7 Å². The van der Waals surface area contributed by atoms with Gasteiger partial charge in [0.25, 0.3) is 0 Å². The van der Waals surface area contributed by atoms with E-state index >= 15 is 0 Å². The minimum Gasteiger partial charge on any atom is -0.492 e. The van der Waals surface area contributed by atoms with Crippen molar-refractivity contribution < 1.29 is 24.2 Å². The zero-order valence-corrected chi connectivity index (χ0v) is 21.0. The molecule has 0 aliphatic carbocycles. The van der Waals surface area contributed by atoms with Gasteiger partial charge in [-0.3, -0.25) is 0 Å². The lowest BCUT2D eigenvalue weighted by Gasteiger charge is -2.19. The summed E-state index contributed by atoms with van der Waals surface area (Å²) in [6, 6.07) is 27.5. The number of carboxylic acid groups (broad SMARTS) is 1. The Bertz CT molecular complexity index is 1330. The smallest absolute Gasteiger partial charge is 0.343 e. The molecule has 0 amide bonds. The molecule has 0 radical (unpaired) electrons. The number of anilines is 2. The Labute approximate surface area is 221 Å². The number of hydrogen-bond acceptors (Lipinski definition) is 7. The summed E-state index contributed by atoms with van der Waals surface area (Å²) in [4.78, 5) is 30.9. The van der Waals surface area contributed by atoms with Crippen molar-refractivity contribution in [3.63, 3.8) is 0 Å². The van der Waals surface area contributed by atoms with Gasteiger partial charge >= 0.3 is 11.9 Å². The number of ether oxygens (including phenoxy) is 2. The van der Waals surface area contributed by atoms with Crippen molar-refractivity contribution in [1.82, 2.24) is 4.98 Å². The van der Waals surface area contributed by atoms with E-state index in [-0.39, 0.29) is 12.2 Å². The second kappa shape index (κ2) is 12.9. The average molecular weight is 512 g/mol. The molecule has 0 unspecified atom stereocenters. The van der Waals surface area contributed by atoms with Crippen molar-refractivity contribution >= 4 is 23.4 Å². The number of nitrogens with one attached hydrogen (secondary N) is 1. The molecule has 2 N–H and O–H groups in total. The van der Waals surface area contributed by atoms with Crippen LogP contribution in [0.3, 0.4) is 0 Å². The molecule has 0 aliphatic heterocycles. The van der Waals surface area contributed by atoms with Gasteiger partial charge in [-0.2, -0.15) is 0 Å². The lowest BCUT2D eigenvalue weighted by Crippen LogP contribution is -2.31. The first kappa shape index (κ1) is 26.2. The SMILES string of the molecule is CN(CCOc1ccc(C[C@H](Nc2ccccc2OC(=O)c2ccccc2)C(=O)O)cc1)c1ccccn1. The summed E-state index contributed by atoms with van der Waals surface area (Å²) in [6.07, 6.45) is 1.97. The van der Waals surface area contributed by atoms with Crippen LogP contribution < -0.4 is 19.7 Å². The molecule has 0 bridgehead atoms. The number of nitrogens with zero attached hydrogens (tertiary/aromatic N) is 2. The van der Waals surface area contributed by atoms with Gasteiger partial charge in [0.05, 0.1) is 17.8 Å². The van der Waals surface area contributed by atoms with Crippen LogP contribution in [0.15, 0.2) is 103 Å². The van der Waals surface area contributed by atoms with Crippen LogP contribution in [0, 0.1) is 0 Å². The maximum absolute atomic E-state index is 12.5. The third-order valence-electron chi connectivity index (χ3n) is 5.83. The number of carbonyl (C=O) groups excluding carboxylic acids is 1. The number of pyridine rings is 1. The summed E-state index contributed by atoms with van der Waals surface area (Å²) < 4.78 is 11.4. The maximum atomic E-state index is 12.5. The van der Waals surface area contributed by atoms with Crippen LogP contribution in [-0.2, 0) is 11.2 Å². The van der Waals surface area contributed by atoms with Crippen molar-refractivity contribution in [1.29, 1.82) is 0 Å². The molecule has 8 nitrogen and oxygen atoms in total. The molecule has 8 heteroatoms. The number of rotatable bonds is 12. The van der Waals surface area contributed by atoms with Gasteiger partial charge in [-0.25, -0.2) is 14.6 Å². The van der Waals surface area contributed by atoms with Gasteiger partial charge in [-0.05, 0) is 54.1 Å². The van der Waals surface area contributed by atoms with Gasteiger partial charge in [0.2, 0.25) is 0 Å². The van der Waals surface area contributed by atoms with E-state index < -0.39 is 18.0 Å². The van der Waals surface area contributed by atoms with E-state index in [2.05, 4.69) is 10.3 Å². The van der Waals surface area contributed by atoms with Crippen LogP contribution in [0.1, 0.15) is 15.9 Å². The summed E-state index contributed by atoms with van der Waals surface area (Å²) >= 11 is 0.